The number of methoxy groups -OCH3 is 2. The number of nitrogens with one attached hydrogen (secondary N) is 1. The van der Waals surface area contributed by atoms with Gasteiger partial charge in [0.25, 0.3) is 5.91 Å². The van der Waals surface area contributed by atoms with Crippen LogP contribution in [-0.2, 0) is 9.53 Å². The van der Waals surface area contributed by atoms with Crippen molar-refractivity contribution in [3.8, 4) is 11.5 Å². The van der Waals surface area contributed by atoms with Crippen LogP contribution in [0.25, 0.3) is 0 Å². The molecule has 1 saturated carbocycles. The van der Waals surface area contributed by atoms with E-state index in [0.29, 0.717) is 23.4 Å². The van der Waals surface area contributed by atoms with Crippen LogP contribution in [0, 0.1) is 0 Å². The predicted molar refractivity (Wildman–Crippen MR) is 103 cm³/mol. The molecule has 28 heavy (non-hydrogen) atoms. The van der Waals surface area contributed by atoms with Gasteiger partial charge in [-0.25, -0.2) is 9.48 Å². The first-order valence-corrected chi connectivity index (χ1v) is 9.33. The molecule has 0 unspecified atom stereocenters. The molecule has 3 rings (SSSR count). The van der Waals surface area contributed by atoms with Gasteiger partial charge >= 0.3 is 5.97 Å². The van der Waals surface area contributed by atoms with Crippen LogP contribution >= 0.6 is 11.6 Å². The number of amides is 1. The maximum Gasteiger partial charge on any atom is 0.338 e. The second kappa shape index (κ2) is 8.97. The van der Waals surface area contributed by atoms with Gasteiger partial charge in [-0.3, -0.25) is 4.79 Å². The van der Waals surface area contributed by atoms with Crippen LogP contribution in [0.15, 0.2) is 24.4 Å². The molecule has 9 heteroatoms. The number of anilines is 1. The lowest BCUT2D eigenvalue weighted by molar-refractivity contribution is -0.119. The van der Waals surface area contributed by atoms with Gasteiger partial charge < -0.3 is 19.5 Å². The minimum Gasteiger partial charge on any atom is -0.493 e. The van der Waals surface area contributed by atoms with Crippen molar-refractivity contribution < 1.29 is 23.8 Å². The zero-order valence-corrected chi connectivity index (χ0v) is 16.5. The van der Waals surface area contributed by atoms with Gasteiger partial charge in [0, 0.05) is 6.07 Å². The number of carbonyl (C=O) groups is 2. The number of halogens is 1. The highest BCUT2D eigenvalue weighted by Crippen LogP contribution is 2.36. The molecule has 0 bridgehead atoms. The molecule has 1 aliphatic rings. The molecule has 1 N–H and O–H groups in total. The number of nitrogens with zero attached hydrogens (tertiary/aromatic N) is 2. The third-order valence-electron chi connectivity index (χ3n) is 4.61. The average Bonchev–Trinajstić information content (AvgIpc) is 3.36. The summed E-state index contributed by atoms with van der Waals surface area (Å²) in [7, 11) is 2.88. The van der Waals surface area contributed by atoms with Crippen LogP contribution in [0.3, 0.4) is 0 Å². The van der Waals surface area contributed by atoms with Gasteiger partial charge in [-0.2, -0.15) is 5.10 Å². The Morgan fingerprint density at radius 3 is 2.68 bits per heavy atom. The summed E-state index contributed by atoms with van der Waals surface area (Å²) in [6.07, 6.45) is 6.04. The number of rotatable bonds is 7. The lowest BCUT2D eigenvalue weighted by Gasteiger charge is -2.15. The topological polar surface area (TPSA) is 91.7 Å². The fraction of sp³-hybridized carbons (Fsp3) is 0.421. The Kier molecular flexibility index (Phi) is 6.41. The Labute approximate surface area is 167 Å². The molecule has 2 aromatic rings. The summed E-state index contributed by atoms with van der Waals surface area (Å²) in [5, 5.41) is 7.24. The molecule has 1 aromatic heterocycles. The lowest BCUT2D eigenvalue weighted by atomic mass is 10.2. The van der Waals surface area contributed by atoms with Crippen LogP contribution in [0.2, 0.25) is 5.02 Å². The number of benzene rings is 1. The molecule has 1 aliphatic carbocycles. The highest BCUT2D eigenvalue weighted by atomic mass is 35.5. The van der Waals surface area contributed by atoms with Gasteiger partial charge in [-0.1, -0.05) is 24.4 Å². The molecular weight excluding hydrogens is 386 g/mol. The first-order chi connectivity index (χ1) is 13.5. The number of hydrogen-bond acceptors (Lipinski definition) is 6. The summed E-state index contributed by atoms with van der Waals surface area (Å²) >= 11 is 6.09. The van der Waals surface area contributed by atoms with Crippen molar-refractivity contribution in [3.63, 3.8) is 0 Å². The molecule has 1 aromatic carbocycles. The quantitative estimate of drug-likeness (QED) is 0.706. The Bertz CT molecular complexity index is 861. The van der Waals surface area contributed by atoms with Gasteiger partial charge in [-0.05, 0) is 25.0 Å². The smallest absolute Gasteiger partial charge is 0.338 e. The van der Waals surface area contributed by atoms with E-state index in [9.17, 15) is 9.59 Å². The van der Waals surface area contributed by atoms with E-state index in [1.54, 1.807) is 12.3 Å². The second-order valence-electron chi connectivity index (χ2n) is 6.42. The van der Waals surface area contributed by atoms with E-state index in [2.05, 4.69) is 10.4 Å². The number of ether oxygens (including phenoxy) is 3. The zero-order valence-electron chi connectivity index (χ0n) is 15.7. The third-order valence-corrected chi connectivity index (χ3v) is 4.89. The predicted octanol–water partition coefficient (Wildman–Crippen LogP) is 3.46. The maximum atomic E-state index is 12.3. The molecule has 1 heterocycles. The van der Waals surface area contributed by atoms with Crippen molar-refractivity contribution in [2.45, 2.75) is 31.7 Å². The number of carbonyl (C=O) groups excluding carboxylic acids is 2. The maximum absolute atomic E-state index is 12.3. The van der Waals surface area contributed by atoms with Crippen molar-refractivity contribution in [1.82, 2.24) is 9.78 Å². The minimum absolute atomic E-state index is 0.159. The SMILES string of the molecule is COc1cc(C(=O)OCC(=O)Nc2ccnn2C2CCCC2)cc(Cl)c1OC. The summed E-state index contributed by atoms with van der Waals surface area (Å²) in [6, 6.07) is 4.87. The van der Waals surface area contributed by atoms with Crippen LogP contribution in [0.1, 0.15) is 42.1 Å². The minimum atomic E-state index is -0.692. The summed E-state index contributed by atoms with van der Waals surface area (Å²) in [6.45, 7) is -0.430. The average molecular weight is 408 g/mol. The fourth-order valence-corrected chi connectivity index (χ4v) is 3.57. The van der Waals surface area contributed by atoms with Crippen LogP contribution in [-0.4, -0.2) is 42.5 Å². The largest absolute Gasteiger partial charge is 0.493 e. The van der Waals surface area contributed by atoms with Gasteiger partial charge in [0.05, 0.1) is 37.0 Å². The standard InChI is InChI=1S/C19H22ClN3O5/c1-26-15-10-12(9-14(20)18(15)27-2)19(25)28-11-17(24)22-16-7-8-21-23(16)13-5-3-4-6-13/h7-10,13H,3-6,11H2,1-2H3,(H,22,24). The summed E-state index contributed by atoms with van der Waals surface area (Å²) in [5.41, 5.74) is 0.159. The number of hydrogen-bond donors (Lipinski definition) is 1. The lowest BCUT2D eigenvalue weighted by Crippen LogP contribution is -2.23. The summed E-state index contributed by atoms with van der Waals surface area (Å²) in [5.74, 6) is 0.0783. The van der Waals surface area contributed by atoms with E-state index in [4.69, 9.17) is 25.8 Å². The molecular formula is C19H22ClN3O5. The molecule has 150 valence electrons. The van der Waals surface area contributed by atoms with E-state index in [0.717, 1.165) is 25.7 Å². The number of esters is 1. The molecule has 0 aliphatic heterocycles. The molecule has 0 saturated heterocycles. The van der Waals surface area contributed by atoms with E-state index >= 15 is 0 Å². The summed E-state index contributed by atoms with van der Waals surface area (Å²) < 4.78 is 17.2. The first-order valence-electron chi connectivity index (χ1n) is 8.95. The van der Waals surface area contributed by atoms with Gasteiger partial charge in [0.1, 0.15) is 5.82 Å². The molecule has 8 nitrogen and oxygen atoms in total. The molecule has 0 atom stereocenters. The Morgan fingerprint density at radius 2 is 2.00 bits per heavy atom. The monoisotopic (exact) mass is 407 g/mol. The van der Waals surface area contributed by atoms with Crippen LogP contribution in [0.4, 0.5) is 5.82 Å². The third kappa shape index (κ3) is 4.39. The van der Waals surface area contributed by atoms with Crippen molar-refractivity contribution in [1.29, 1.82) is 0 Å². The van der Waals surface area contributed by atoms with Gasteiger partial charge in [0.2, 0.25) is 0 Å². The second-order valence-corrected chi connectivity index (χ2v) is 6.82. The van der Waals surface area contributed by atoms with Crippen molar-refractivity contribution in [3.05, 3.63) is 35.0 Å². The molecule has 1 amide bonds. The number of aromatic nitrogens is 2. The Hall–Kier alpha value is -2.74. The van der Waals surface area contributed by atoms with Crippen molar-refractivity contribution in [2.75, 3.05) is 26.1 Å². The van der Waals surface area contributed by atoms with Crippen molar-refractivity contribution in [2.24, 2.45) is 0 Å². The molecule has 1 fully saturated rings. The Morgan fingerprint density at radius 1 is 1.25 bits per heavy atom. The summed E-state index contributed by atoms with van der Waals surface area (Å²) in [4.78, 5) is 24.5. The fourth-order valence-electron chi connectivity index (χ4n) is 3.28. The first kappa shape index (κ1) is 20.0. The van der Waals surface area contributed by atoms with Crippen molar-refractivity contribution >= 4 is 29.3 Å². The molecule has 0 spiro atoms. The van der Waals surface area contributed by atoms with Gasteiger partial charge in [0.15, 0.2) is 18.1 Å². The van der Waals surface area contributed by atoms with E-state index in [1.165, 1.54) is 26.4 Å². The van der Waals surface area contributed by atoms with E-state index in [-0.39, 0.29) is 10.6 Å². The van der Waals surface area contributed by atoms with Gasteiger partial charge in [-0.15, -0.1) is 0 Å². The van der Waals surface area contributed by atoms with E-state index in [1.807, 2.05) is 4.68 Å². The highest BCUT2D eigenvalue weighted by Gasteiger charge is 2.21. The molecule has 0 radical (unpaired) electrons. The zero-order chi connectivity index (χ0) is 20.1. The van der Waals surface area contributed by atoms with Crippen LogP contribution < -0.4 is 14.8 Å². The Balaban J connectivity index is 1.60. The van der Waals surface area contributed by atoms with E-state index < -0.39 is 18.5 Å². The van der Waals surface area contributed by atoms with Crippen LogP contribution in [0.5, 0.6) is 11.5 Å². The highest BCUT2D eigenvalue weighted by molar-refractivity contribution is 6.32. The normalized spacial score (nSPS) is 14.0.